The van der Waals surface area contributed by atoms with E-state index in [0.29, 0.717) is 12.0 Å². The zero-order valence-corrected chi connectivity index (χ0v) is 8.97. The molecule has 0 radical (unpaired) electrons. The second-order valence-electron chi connectivity index (χ2n) is 4.20. The van der Waals surface area contributed by atoms with Gasteiger partial charge in [-0.15, -0.1) is 0 Å². The fourth-order valence-electron chi connectivity index (χ4n) is 2.35. The smallest absolute Gasteiger partial charge is 0.251 e. The maximum absolute atomic E-state index is 12.1. The number of hydrogen-bond acceptors (Lipinski definition) is 2. The summed E-state index contributed by atoms with van der Waals surface area (Å²) in [7, 11) is 3.73. The van der Waals surface area contributed by atoms with Crippen LogP contribution in [0.5, 0.6) is 0 Å². The molecule has 0 aromatic rings. The number of nitrogens with zero attached hydrogens (tertiary/aromatic N) is 1. The van der Waals surface area contributed by atoms with E-state index in [1.54, 1.807) is 11.9 Å². The van der Waals surface area contributed by atoms with Gasteiger partial charge in [-0.2, -0.15) is 0 Å². The van der Waals surface area contributed by atoms with Crippen LogP contribution in [0.25, 0.3) is 0 Å². The number of alkyl halides is 2. The topological polar surface area (TPSA) is 15.3 Å². The fraction of sp³-hybridized carbons (Fsp3) is 1.00. The Morgan fingerprint density at radius 3 is 2.71 bits per heavy atom. The molecule has 0 heterocycles. The molecule has 0 spiro atoms. The summed E-state index contributed by atoms with van der Waals surface area (Å²) in [6, 6.07) is 0.523. The molecule has 0 bridgehead atoms. The standard InChI is InChI=1S/C10H20F2N2/c1-13-9-5-3-4-8(9)6-14(2)7-10(11)12/h8-10,13H,3-7H2,1-2H3. The summed E-state index contributed by atoms with van der Waals surface area (Å²) in [4.78, 5) is 1.74. The van der Waals surface area contributed by atoms with Gasteiger partial charge in [0.2, 0.25) is 0 Å². The van der Waals surface area contributed by atoms with Crippen molar-refractivity contribution in [2.45, 2.75) is 31.7 Å². The molecule has 0 aromatic carbocycles. The van der Waals surface area contributed by atoms with Crippen molar-refractivity contribution in [1.82, 2.24) is 10.2 Å². The maximum Gasteiger partial charge on any atom is 0.251 e. The van der Waals surface area contributed by atoms with E-state index in [9.17, 15) is 8.78 Å². The van der Waals surface area contributed by atoms with Crippen LogP contribution in [0.15, 0.2) is 0 Å². The van der Waals surface area contributed by atoms with Crippen LogP contribution in [0.4, 0.5) is 8.78 Å². The molecule has 84 valence electrons. The highest BCUT2D eigenvalue weighted by atomic mass is 19.3. The first-order valence-corrected chi connectivity index (χ1v) is 5.27. The molecular formula is C10H20F2N2. The zero-order valence-electron chi connectivity index (χ0n) is 8.97. The van der Waals surface area contributed by atoms with Crippen LogP contribution in [0, 0.1) is 5.92 Å². The van der Waals surface area contributed by atoms with Crippen LogP contribution in [0.2, 0.25) is 0 Å². The highest BCUT2D eigenvalue weighted by molar-refractivity contribution is 4.83. The van der Waals surface area contributed by atoms with Crippen molar-refractivity contribution in [1.29, 1.82) is 0 Å². The molecule has 1 rings (SSSR count). The normalized spacial score (nSPS) is 27.9. The first-order chi connectivity index (χ1) is 6.63. The lowest BCUT2D eigenvalue weighted by Crippen LogP contribution is -2.37. The van der Waals surface area contributed by atoms with Gasteiger partial charge in [0.15, 0.2) is 0 Å². The SMILES string of the molecule is CNC1CCCC1CN(C)CC(F)F. The van der Waals surface area contributed by atoms with Crippen LogP contribution in [-0.4, -0.2) is 44.6 Å². The van der Waals surface area contributed by atoms with E-state index in [1.165, 1.54) is 19.3 Å². The average molecular weight is 206 g/mol. The molecule has 0 saturated heterocycles. The van der Waals surface area contributed by atoms with Crippen LogP contribution in [0.3, 0.4) is 0 Å². The molecule has 1 aliphatic rings. The molecule has 2 nitrogen and oxygen atoms in total. The van der Waals surface area contributed by atoms with Gasteiger partial charge in [0.1, 0.15) is 0 Å². The van der Waals surface area contributed by atoms with Gasteiger partial charge in [0, 0.05) is 12.6 Å². The average Bonchev–Trinajstić information content (AvgIpc) is 2.50. The van der Waals surface area contributed by atoms with Crippen LogP contribution in [0.1, 0.15) is 19.3 Å². The lowest BCUT2D eigenvalue weighted by molar-refractivity contribution is 0.0915. The summed E-state index contributed by atoms with van der Waals surface area (Å²) in [5.74, 6) is 0.545. The second-order valence-corrected chi connectivity index (χ2v) is 4.20. The third-order valence-electron chi connectivity index (χ3n) is 3.03. The van der Waals surface area contributed by atoms with Crippen molar-refractivity contribution < 1.29 is 8.78 Å². The molecule has 1 N–H and O–H groups in total. The summed E-state index contributed by atoms with van der Waals surface area (Å²) >= 11 is 0. The van der Waals surface area contributed by atoms with E-state index in [1.807, 2.05) is 7.05 Å². The van der Waals surface area contributed by atoms with Crippen molar-refractivity contribution in [2.75, 3.05) is 27.2 Å². The molecular weight excluding hydrogens is 186 g/mol. The van der Waals surface area contributed by atoms with Gasteiger partial charge in [0.05, 0.1) is 6.54 Å². The Hall–Kier alpha value is -0.220. The van der Waals surface area contributed by atoms with E-state index >= 15 is 0 Å². The van der Waals surface area contributed by atoms with E-state index in [4.69, 9.17) is 0 Å². The van der Waals surface area contributed by atoms with Gasteiger partial charge in [-0.25, -0.2) is 8.78 Å². The Bertz CT molecular complexity index is 164. The van der Waals surface area contributed by atoms with Crippen LogP contribution < -0.4 is 5.32 Å². The number of nitrogens with one attached hydrogen (secondary N) is 1. The molecule has 1 saturated carbocycles. The lowest BCUT2D eigenvalue weighted by atomic mass is 10.0. The summed E-state index contributed by atoms with van der Waals surface area (Å²) in [6.07, 6.45) is 1.36. The van der Waals surface area contributed by atoms with Crippen LogP contribution >= 0.6 is 0 Å². The summed E-state index contributed by atoms with van der Waals surface area (Å²) in [6.45, 7) is 0.683. The largest absolute Gasteiger partial charge is 0.317 e. The van der Waals surface area contributed by atoms with Gasteiger partial charge in [-0.1, -0.05) is 6.42 Å². The lowest BCUT2D eigenvalue weighted by Gasteiger charge is -2.24. The Kier molecular flexibility index (Phi) is 4.75. The molecule has 0 amide bonds. The summed E-state index contributed by atoms with van der Waals surface area (Å²) in [5.41, 5.74) is 0. The number of halogens is 2. The minimum atomic E-state index is -2.21. The molecule has 1 aliphatic carbocycles. The molecule has 0 aliphatic heterocycles. The third-order valence-corrected chi connectivity index (χ3v) is 3.03. The van der Waals surface area contributed by atoms with Crippen molar-refractivity contribution in [2.24, 2.45) is 5.92 Å². The van der Waals surface area contributed by atoms with Gasteiger partial charge in [-0.05, 0) is 32.9 Å². The quantitative estimate of drug-likeness (QED) is 0.734. The minimum Gasteiger partial charge on any atom is -0.317 e. The fourth-order valence-corrected chi connectivity index (χ4v) is 2.35. The summed E-state index contributed by atoms with van der Waals surface area (Å²) in [5, 5.41) is 3.26. The highest BCUT2D eigenvalue weighted by Gasteiger charge is 2.27. The monoisotopic (exact) mass is 206 g/mol. The Labute approximate surface area is 84.7 Å². The zero-order chi connectivity index (χ0) is 10.6. The van der Waals surface area contributed by atoms with Gasteiger partial charge in [-0.3, -0.25) is 0 Å². The Morgan fingerprint density at radius 2 is 2.14 bits per heavy atom. The van der Waals surface area contributed by atoms with E-state index in [-0.39, 0.29) is 6.54 Å². The first kappa shape index (κ1) is 11.9. The molecule has 2 unspecified atom stereocenters. The maximum atomic E-state index is 12.1. The van der Waals surface area contributed by atoms with Gasteiger partial charge in [0.25, 0.3) is 6.43 Å². The van der Waals surface area contributed by atoms with Crippen molar-refractivity contribution in [3.05, 3.63) is 0 Å². The molecule has 1 fully saturated rings. The predicted octanol–water partition coefficient (Wildman–Crippen LogP) is 1.57. The minimum absolute atomic E-state index is 0.104. The Morgan fingerprint density at radius 1 is 1.43 bits per heavy atom. The summed E-state index contributed by atoms with van der Waals surface area (Å²) < 4.78 is 24.2. The van der Waals surface area contributed by atoms with Crippen LogP contribution in [-0.2, 0) is 0 Å². The van der Waals surface area contributed by atoms with E-state index in [2.05, 4.69) is 5.32 Å². The molecule has 2 atom stereocenters. The second kappa shape index (κ2) is 5.61. The molecule has 4 heteroatoms. The van der Waals surface area contributed by atoms with E-state index in [0.717, 1.165) is 6.54 Å². The highest BCUT2D eigenvalue weighted by Crippen LogP contribution is 2.25. The number of hydrogen-bond donors (Lipinski definition) is 1. The van der Waals surface area contributed by atoms with Crippen molar-refractivity contribution in [3.8, 4) is 0 Å². The number of rotatable bonds is 5. The Balaban J connectivity index is 2.28. The third kappa shape index (κ3) is 3.50. The molecule has 0 aromatic heterocycles. The van der Waals surface area contributed by atoms with Crippen molar-refractivity contribution in [3.63, 3.8) is 0 Å². The van der Waals surface area contributed by atoms with Crippen molar-refractivity contribution >= 4 is 0 Å². The predicted molar refractivity (Wildman–Crippen MR) is 53.7 cm³/mol. The van der Waals surface area contributed by atoms with Gasteiger partial charge >= 0.3 is 0 Å². The molecule has 14 heavy (non-hydrogen) atoms. The van der Waals surface area contributed by atoms with E-state index < -0.39 is 6.43 Å². The first-order valence-electron chi connectivity index (χ1n) is 5.27. The van der Waals surface area contributed by atoms with Gasteiger partial charge < -0.3 is 10.2 Å².